The Hall–Kier alpha value is -1.36. The van der Waals surface area contributed by atoms with E-state index < -0.39 is 6.04 Å². The molecule has 2 bridgehead atoms. The predicted molar refractivity (Wildman–Crippen MR) is 74.7 cm³/mol. The first-order valence-electron chi connectivity index (χ1n) is 7.74. The molecule has 1 amide bonds. The van der Waals surface area contributed by atoms with Gasteiger partial charge in [-0.2, -0.15) is 0 Å². The van der Waals surface area contributed by atoms with Crippen molar-refractivity contribution in [2.75, 3.05) is 13.1 Å². The summed E-state index contributed by atoms with van der Waals surface area (Å²) in [6.45, 7) is 1.89. The largest absolute Gasteiger partial charge is 0.348 e. The minimum absolute atomic E-state index is 0.119. The molecule has 2 saturated carbocycles. The van der Waals surface area contributed by atoms with Gasteiger partial charge in [-0.3, -0.25) is 4.79 Å². The first-order valence-corrected chi connectivity index (χ1v) is 7.74. The van der Waals surface area contributed by atoms with Crippen LogP contribution in [-0.4, -0.2) is 39.9 Å². The summed E-state index contributed by atoms with van der Waals surface area (Å²) in [5, 5.41) is 0. The Bertz CT molecular complexity index is 482. The zero-order chi connectivity index (χ0) is 13.7. The molecule has 0 spiro atoms. The van der Waals surface area contributed by atoms with Crippen LogP contribution < -0.4 is 5.73 Å². The summed E-state index contributed by atoms with van der Waals surface area (Å²) in [6, 6.07) is -0.438. The average molecular weight is 274 g/mol. The fourth-order valence-electron chi connectivity index (χ4n) is 4.82. The normalized spacial score (nSPS) is 36.4. The van der Waals surface area contributed by atoms with Crippen molar-refractivity contribution in [3.63, 3.8) is 0 Å². The molecule has 0 radical (unpaired) electrons. The number of nitrogens with two attached hydrogens (primary N) is 1. The third-order valence-corrected chi connectivity index (χ3v) is 5.76. The molecule has 1 aliphatic heterocycles. The molecule has 5 nitrogen and oxygen atoms in total. The number of rotatable bonds is 3. The van der Waals surface area contributed by atoms with Crippen LogP contribution in [0.15, 0.2) is 12.5 Å². The standard InChI is InChI=1S/C15H22N4O/c16-14(4-11-5-17-8-18-11)15(20)19-6-12-9-1-2-10(3-9)13(12)7-19/h5,8-10,12-14H,1-4,6-7,16H2,(H,17,18)/t9-,10+,12-,13+,14-/m0/s1. The summed E-state index contributed by atoms with van der Waals surface area (Å²) >= 11 is 0. The van der Waals surface area contributed by atoms with E-state index >= 15 is 0 Å². The lowest BCUT2D eigenvalue weighted by Crippen LogP contribution is -2.44. The van der Waals surface area contributed by atoms with Crippen LogP contribution in [0.2, 0.25) is 0 Å². The second kappa shape index (κ2) is 4.58. The van der Waals surface area contributed by atoms with Gasteiger partial charge in [0.2, 0.25) is 5.91 Å². The van der Waals surface area contributed by atoms with Crippen LogP contribution in [0, 0.1) is 23.7 Å². The summed E-state index contributed by atoms with van der Waals surface area (Å²) in [6.07, 6.45) is 8.10. The van der Waals surface area contributed by atoms with E-state index in [0.29, 0.717) is 6.42 Å². The molecule has 2 aliphatic carbocycles. The Labute approximate surface area is 118 Å². The van der Waals surface area contributed by atoms with Gasteiger partial charge in [-0.05, 0) is 42.9 Å². The van der Waals surface area contributed by atoms with Crippen LogP contribution >= 0.6 is 0 Å². The summed E-state index contributed by atoms with van der Waals surface area (Å²) in [7, 11) is 0. The SMILES string of the molecule is N[C@@H](Cc1cnc[nH]1)C(=O)N1C[C@@H]2[C@@H]3CC[C@@H](C3)[C@@H]2C1. The highest BCUT2D eigenvalue weighted by molar-refractivity contribution is 5.82. The highest BCUT2D eigenvalue weighted by Crippen LogP contribution is 2.55. The minimum Gasteiger partial charge on any atom is -0.348 e. The third-order valence-electron chi connectivity index (χ3n) is 5.76. The molecule has 3 aliphatic rings. The quantitative estimate of drug-likeness (QED) is 0.855. The molecule has 3 fully saturated rings. The smallest absolute Gasteiger partial charge is 0.239 e. The lowest BCUT2D eigenvalue weighted by Gasteiger charge is -2.22. The molecule has 4 rings (SSSR count). The third kappa shape index (κ3) is 1.87. The van der Waals surface area contributed by atoms with Crippen LogP contribution in [0.3, 0.4) is 0 Å². The van der Waals surface area contributed by atoms with E-state index in [1.807, 2.05) is 4.90 Å². The van der Waals surface area contributed by atoms with E-state index in [1.54, 1.807) is 12.5 Å². The number of hydrogen-bond acceptors (Lipinski definition) is 3. The molecule has 0 unspecified atom stereocenters. The van der Waals surface area contributed by atoms with Crippen LogP contribution in [0.4, 0.5) is 0 Å². The predicted octanol–water partition coefficient (Wildman–Crippen LogP) is 0.784. The lowest BCUT2D eigenvalue weighted by molar-refractivity contribution is -0.131. The maximum atomic E-state index is 12.5. The van der Waals surface area contributed by atoms with Crippen molar-refractivity contribution < 1.29 is 4.79 Å². The number of nitrogens with zero attached hydrogens (tertiary/aromatic N) is 2. The Kier molecular flexibility index (Phi) is 2.84. The first-order chi connectivity index (χ1) is 9.72. The molecule has 1 aromatic rings. The number of H-pyrrole nitrogens is 1. The molecule has 5 heteroatoms. The van der Waals surface area contributed by atoms with Gasteiger partial charge < -0.3 is 15.6 Å². The van der Waals surface area contributed by atoms with Crippen LogP contribution in [-0.2, 0) is 11.2 Å². The number of carbonyl (C=O) groups excluding carboxylic acids is 1. The summed E-state index contributed by atoms with van der Waals surface area (Å²) in [4.78, 5) is 21.5. The van der Waals surface area contributed by atoms with Crippen molar-refractivity contribution in [3.05, 3.63) is 18.2 Å². The molecule has 1 aromatic heterocycles. The zero-order valence-corrected chi connectivity index (χ0v) is 11.7. The van der Waals surface area contributed by atoms with E-state index in [-0.39, 0.29) is 5.91 Å². The van der Waals surface area contributed by atoms with Crippen molar-refractivity contribution in [2.45, 2.75) is 31.7 Å². The number of hydrogen-bond donors (Lipinski definition) is 2. The number of likely N-dealkylation sites (tertiary alicyclic amines) is 1. The lowest BCUT2D eigenvalue weighted by atomic mass is 9.82. The van der Waals surface area contributed by atoms with E-state index in [9.17, 15) is 4.79 Å². The van der Waals surface area contributed by atoms with E-state index in [4.69, 9.17) is 5.73 Å². The molecule has 20 heavy (non-hydrogen) atoms. The summed E-state index contributed by atoms with van der Waals surface area (Å²) < 4.78 is 0. The maximum absolute atomic E-state index is 12.5. The number of amides is 1. The monoisotopic (exact) mass is 274 g/mol. The molecule has 108 valence electrons. The number of nitrogens with one attached hydrogen (secondary N) is 1. The molecule has 0 aromatic carbocycles. The van der Waals surface area contributed by atoms with Gasteiger partial charge in [0.15, 0.2) is 0 Å². The first kappa shape index (κ1) is 12.4. The number of aromatic nitrogens is 2. The van der Waals surface area contributed by atoms with Crippen molar-refractivity contribution in [3.8, 4) is 0 Å². The average Bonchev–Trinajstić information content (AvgIpc) is 3.19. The molecule has 5 atom stereocenters. The molecular formula is C15H22N4O. The Balaban J connectivity index is 1.40. The highest BCUT2D eigenvalue weighted by atomic mass is 16.2. The number of imidazole rings is 1. The van der Waals surface area contributed by atoms with Gasteiger partial charge in [0.25, 0.3) is 0 Å². The zero-order valence-electron chi connectivity index (χ0n) is 11.7. The topological polar surface area (TPSA) is 75.0 Å². The summed E-state index contributed by atoms with van der Waals surface area (Å²) in [5.74, 6) is 3.40. The Morgan fingerprint density at radius 1 is 1.40 bits per heavy atom. The molecular weight excluding hydrogens is 252 g/mol. The minimum atomic E-state index is -0.438. The van der Waals surface area contributed by atoms with Gasteiger partial charge in [0.05, 0.1) is 12.4 Å². The van der Waals surface area contributed by atoms with Crippen LogP contribution in [0.5, 0.6) is 0 Å². The van der Waals surface area contributed by atoms with E-state index in [1.165, 1.54) is 19.3 Å². The fourth-order valence-corrected chi connectivity index (χ4v) is 4.82. The highest BCUT2D eigenvalue weighted by Gasteiger charge is 2.52. The van der Waals surface area contributed by atoms with Crippen molar-refractivity contribution in [1.82, 2.24) is 14.9 Å². The maximum Gasteiger partial charge on any atom is 0.239 e. The number of aromatic amines is 1. The number of fused-ring (bicyclic) bond motifs is 5. The van der Waals surface area contributed by atoms with Gasteiger partial charge in [-0.1, -0.05) is 0 Å². The van der Waals surface area contributed by atoms with Gasteiger partial charge >= 0.3 is 0 Å². The second-order valence-corrected chi connectivity index (χ2v) is 6.79. The fraction of sp³-hybridized carbons (Fsp3) is 0.733. The molecule has 3 N–H and O–H groups in total. The van der Waals surface area contributed by atoms with Crippen molar-refractivity contribution in [2.24, 2.45) is 29.4 Å². The van der Waals surface area contributed by atoms with Gasteiger partial charge in [0.1, 0.15) is 0 Å². The second-order valence-electron chi connectivity index (χ2n) is 6.79. The van der Waals surface area contributed by atoms with Crippen molar-refractivity contribution in [1.29, 1.82) is 0 Å². The van der Waals surface area contributed by atoms with Gasteiger partial charge in [-0.25, -0.2) is 4.98 Å². The van der Waals surface area contributed by atoms with E-state index in [2.05, 4.69) is 9.97 Å². The number of carbonyl (C=O) groups is 1. The molecule has 1 saturated heterocycles. The van der Waals surface area contributed by atoms with Crippen molar-refractivity contribution >= 4 is 5.91 Å². The molecule has 2 heterocycles. The van der Waals surface area contributed by atoms with E-state index in [0.717, 1.165) is 42.5 Å². The van der Waals surface area contributed by atoms with Gasteiger partial charge in [0, 0.05) is 31.4 Å². The van der Waals surface area contributed by atoms with Gasteiger partial charge in [-0.15, -0.1) is 0 Å². The Morgan fingerprint density at radius 3 is 2.70 bits per heavy atom. The Morgan fingerprint density at radius 2 is 2.10 bits per heavy atom. The summed E-state index contributed by atoms with van der Waals surface area (Å²) in [5.41, 5.74) is 7.02. The van der Waals surface area contributed by atoms with Crippen LogP contribution in [0.1, 0.15) is 25.0 Å². The van der Waals surface area contributed by atoms with Crippen LogP contribution in [0.25, 0.3) is 0 Å².